The molecule has 3 nitrogen and oxygen atoms in total. The van der Waals surface area contributed by atoms with Crippen LogP contribution in [0.25, 0.3) is 0 Å². The van der Waals surface area contributed by atoms with Crippen molar-refractivity contribution in [3.63, 3.8) is 0 Å². The van der Waals surface area contributed by atoms with Crippen molar-refractivity contribution >= 4 is 5.97 Å². The molecule has 0 aromatic carbocycles. The number of esters is 1. The summed E-state index contributed by atoms with van der Waals surface area (Å²) in [7, 11) is 0. The summed E-state index contributed by atoms with van der Waals surface area (Å²) in [5.74, 6) is -0.166. The zero-order valence-electron chi connectivity index (χ0n) is 8.87. The Hall–Kier alpha value is -1.25. The predicted octanol–water partition coefficient (Wildman–Crippen LogP) is 2.76. The van der Waals surface area contributed by atoms with Crippen molar-refractivity contribution in [3.05, 3.63) is 24.2 Å². The molecule has 0 radical (unpaired) electrons. The summed E-state index contributed by atoms with van der Waals surface area (Å²) < 4.78 is 10.0. The van der Waals surface area contributed by atoms with E-state index >= 15 is 0 Å². The molecule has 0 amide bonds. The summed E-state index contributed by atoms with van der Waals surface area (Å²) in [6, 6.07) is 1.78. The maximum Gasteiger partial charge on any atom is 0.311 e. The molecule has 0 atom stereocenters. The Morgan fingerprint density at radius 3 is 2.79 bits per heavy atom. The van der Waals surface area contributed by atoms with Crippen molar-refractivity contribution in [2.75, 3.05) is 0 Å². The lowest BCUT2D eigenvalue weighted by Gasteiger charge is -2.19. The highest BCUT2D eigenvalue weighted by Crippen LogP contribution is 2.22. The van der Waals surface area contributed by atoms with Gasteiger partial charge in [0.2, 0.25) is 0 Å². The molecule has 1 rings (SSSR count). The average Bonchev–Trinajstić information content (AvgIpc) is 2.66. The number of hydrogen-bond donors (Lipinski definition) is 0. The minimum absolute atomic E-state index is 0.166. The van der Waals surface area contributed by atoms with E-state index in [0.29, 0.717) is 6.61 Å². The fraction of sp³-hybridized carbons (Fsp3) is 0.545. The van der Waals surface area contributed by atoms with Gasteiger partial charge in [0.05, 0.1) is 17.9 Å². The van der Waals surface area contributed by atoms with Gasteiger partial charge in [0, 0.05) is 5.56 Å². The zero-order chi connectivity index (χ0) is 10.6. The summed E-state index contributed by atoms with van der Waals surface area (Å²) >= 11 is 0. The van der Waals surface area contributed by atoms with Crippen LogP contribution in [0, 0.1) is 5.41 Å². The van der Waals surface area contributed by atoms with Crippen LogP contribution in [-0.2, 0) is 16.1 Å². The maximum atomic E-state index is 11.5. The molecule has 1 aromatic heterocycles. The highest BCUT2D eigenvalue weighted by molar-refractivity contribution is 5.75. The number of carbonyl (C=O) groups is 1. The number of hydrogen-bond acceptors (Lipinski definition) is 3. The van der Waals surface area contributed by atoms with Gasteiger partial charge in [0.1, 0.15) is 6.61 Å². The molecule has 3 heteroatoms. The highest BCUT2D eigenvalue weighted by atomic mass is 16.5. The maximum absolute atomic E-state index is 11.5. The molecular formula is C11H16O3. The Bertz CT molecular complexity index is 285. The van der Waals surface area contributed by atoms with Gasteiger partial charge in [-0.3, -0.25) is 4.79 Å². The van der Waals surface area contributed by atoms with Gasteiger partial charge >= 0.3 is 5.97 Å². The second-order valence-corrected chi connectivity index (χ2v) is 3.95. The Morgan fingerprint density at radius 1 is 1.57 bits per heavy atom. The molecule has 14 heavy (non-hydrogen) atoms. The van der Waals surface area contributed by atoms with Crippen LogP contribution in [0.5, 0.6) is 0 Å². The third-order valence-electron chi connectivity index (χ3n) is 2.39. The Balaban J connectivity index is 2.43. The SMILES string of the molecule is CCC(C)(C)C(=O)OCc1ccoc1. The minimum Gasteiger partial charge on any atom is -0.472 e. The van der Waals surface area contributed by atoms with Gasteiger partial charge in [-0.25, -0.2) is 0 Å². The molecule has 0 fully saturated rings. The monoisotopic (exact) mass is 196 g/mol. The highest BCUT2D eigenvalue weighted by Gasteiger charge is 2.26. The van der Waals surface area contributed by atoms with E-state index in [9.17, 15) is 4.79 Å². The van der Waals surface area contributed by atoms with Crippen molar-refractivity contribution in [1.29, 1.82) is 0 Å². The first kappa shape index (κ1) is 10.8. The van der Waals surface area contributed by atoms with Crippen LogP contribution in [0.2, 0.25) is 0 Å². The van der Waals surface area contributed by atoms with Crippen LogP contribution in [0.3, 0.4) is 0 Å². The smallest absolute Gasteiger partial charge is 0.311 e. The lowest BCUT2D eigenvalue weighted by Crippen LogP contribution is -2.25. The largest absolute Gasteiger partial charge is 0.472 e. The number of rotatable bonds is 4. The lowest BCUT2D eigenvalue weighted by molar-refractivity contribution is -0.155. The average molecular weight is 196 g/mol. The third kappa shape index (κ3) is 2.62. The van der Waals surface area contributed by atoms with Crippen molar-refractivity contribution in [2.24, 2.45) is 5.41 Å². The van der Waals surface area contributed by atoms with Crippen molar-refractivity contribution in [1.82, 2.24) is 0 Å². The summed E-state index contributed by atoms with van der Waals surface area (Å²) in [5.41, 5.74) is 0.481. The molecule has 1 aromatic rings. The quantitative estimate of drug-likeness (QED) is 0.695. The van der Waals surface area contributed by atoms with Crippen LogP contribution >= 0.6 is 0 Å². The van der Waals surface area contributed by atoms with Crippen LogP contribution in [-0.4, -0.2) is 5.97 Å². The van der Waals surface area contributed by atoms with Gasteiger partial charge in [0.25, 0.3) is 0 Å². The number of carbonyl (C=O) groups excluding carboxylic acids is 1. The first-order valence-corrected chi connectivity index (χ1v) is 4.74. The van der Waals surface area contributed by atoms with Gasteiger partial charge in [-0.1, -0.05) is 6.92 Å². The molecule has 0 aliphatic heterocycles. The lowest BCUT2D eigenvalue weighted by atomic mass is 9.91. The van der Waals surface area contributed by atoms with Crippen molar-refractivity contribution < 1.29 is 13.9 Å². The molecule has 78 valence electrons. The minimum atomic E-state index is -0.399. The summed E-state index contributed by atoms with van der Waals surface area (Å²) in [4.78, 5) is 11.5. The van der Waals surface area contributed by atoms with Gasteiger partial charge in [-0.05, 0) is 26.3 Å². The normalized spacial score (nSPS) is 11.4. The summed E-state index contributed by atoms with van der Waals surface area (Å²) in [5, 5.41) is 0. The standard InChI is InChI=1S/C11H16O3/c1-4-11(2,3)10(12)14-8-9-5-6-13-7-9/h5-7H,4,8H2,1-3H3. The van der Waals surface area contributed by atoms with Crippen molar-refractivity contribution in [3.8, 4) is 0 Å². The zero-order valence-corrected chi connectivity index (χ0v) is 8.87. The molecular weight excluding hydrogens is 180 g/mol. The van der Waals surface area contributed by atoms with E-state index in [2.05, 4.69) is 0 Å². The van der Waals surface area contributed by atoms with E-state index in [1.54, 1.807) is 18.6 Å². The molecule has 0 spiro atoms. The molecule has 0 saturated heterocycles. The second kappa shape index (κ2) is 4.31. The molecule has 0 aliphatic carbocycles. The number of ether oxygens (including phenoxy) is 1. The van der Waals surface area contributed by atoms with E-state index < -0.39 is 5.41 Å². The van der Waals surface area contributed by atoms with Gasteiger partial charge in [-0.2, -0.15) is 0 Å². The Kier molecular flexibility index (Phi) is 3.33. The van der Waals surface area contributed by atoms with Gasteiger partial charge < -0.3 is 9.15 Å². The van der Waals surface area contributed by atoms with E-state index in [4.69, 9.17) is 9.15 Å². The van der Waals surface area contributed by atoms with Crippen LogP contribution in [0.15, 0.2) is 23.0 Å². The summed E-state index contributed by atoms with van der Waals surface area (Å²) in [6.45, 7) is 6.02. The van der Waals surface area contributed by atoms with Crippen molar-refractivity contribution in [2.45, 2.75) is 33.8 Å². The van der Waals surface area contributed by atoms with E-state index in [1.165, 1.54) is 0 Å². The molecule has 0 saturated carbocycles. The molecule has 0 aliphatic rings. The predicted molar refractivity (Wildman–Crippen MR) is 52.6 cm³/mol. The van der Waals surface area contributed by atoms with Crippen LogP contribution in [0.1, 0.15) is 32.8 Å². The topological polar surface area (TPSA) is 39.4 Å². The molecule has 0 N–H and O–H groups in total. The van der Waals surface area contributed by atoms with E-state index in [0.717, 1.165) is 12.0 Å². The van der Waals surface area contributed by atoms with Gasteiger partial charge in [-0.15, -0.1) is 0 Å². The van der Waals surface area contributed by atoms with Crippen LogP contribution in [0.4, 0.5) is 0 Å². The summed E-state index contributed by atoms with van der Waals surface area (Å²) in [6.07, 6.45) is 3.91. The second-order valence-electron chi connectivity index (χ2n) is 3.95. The molecule has 1 heterocycles. The Labute approximate surface area is 84.1 Å². The Morgan fingerprint density at radius 2 is 2.29 bits per heavy atom. The first-order valence-electron chi connectivity index (χ1n) is 4.74. The fourth-order valence-electron chi connectivity index (χ4n) is 0.863. The van der Waals surface area contributed by atoms with E-state index in [-0.39, 0.29) is 5.97 Å². The van der Waals surface area contributed by atoms with Gasteiger partial charge in [0.15, 0.2) is 0 Å². The third-order valence-corrected chi connectivity index (χ3v) is 2.39. The first-order chi connectivity index (χ1) is 6.56. The van der Waals surface area contributed by atoms with Crippen LogP contribution < -0.4 is 0 Å². The van der Waals surface area contributed by atoms with E-state index in [1.807, 2.05) is 20.8 Å². The number of furan rings is 1. The fourth-order valence-corrected chi connectivity index (χ4v) is 0.863. The molecule has 0 unspecified atom stereocenters. The molecule has 0 bridgehead atoms.